The van der Waals surface area contributed by atoms with Gasteiger partial charge in [0, 0.05) is 22.8 Å². The van der Waals surface area contributed by atoms with Crippen molar-refractivity contribution in [2.24, 2.45) is 0 Å². The monoisotopic (exact) mass is 299 g/mol. The van der Waals surface area contributed by atoms with Gasteiger partial charge in [0.1, 0.15) is 11.5 Å². The molecule has 1 aliphatic rings. The van der Waals surface area contributed by atoms with Crippen LogP contribution in [0.4, 0.5) is 0 Å². The van der Waals surface area contributed by atoms with Gasteiger partial charge in [-0.1, -0.05) is 36.4 Å². The number of carbonyl (C=O) groups excluding carboxylic acids is 1. The molecule has 23 heavy (non-hydrogen) atoms. The van der Waals surface area contributed by atoms with E-state index in [0.717, 1.165) is 28.0 Å². The minimum Gasteiger partial charge on any atom is -0.456 e. The van der Waals surface area contributed by atoms with Crippen molar-refractivity contribution in [1.82, 2.24) is 0 Å². The Kier molecular flexibility index (Phi) is 3.05. The van der Waals surface area contributed by atoms with Crippen LogP contribution in [-0.4, -0.2) is 5.78 Å². The SMILES string of the molecule is Cc1cccc(Oc2[c]c3c(cc2)C(=O)c2ccccc2-3)c1C. The molecule has 0 spiro atoms. The Hall–Kier alpha value is -2.87. The maximum atomic E-state index is 12.4. The predicted octanol–water partition coefficient (Wildman–Crippen LogP) is 5.11. The van der Waals surface area contributed by atoms with E-state index in [0.29, 0.717) is 11.3 Å². The summed E-state index contributed by atoms with van der Waals surface area (Å²) in [6.07, 6.45) is 0. The standard InChI is InChI=1S/C21H15O2/c1-13-6-5-9-20(14(13)2)23-15-10-11-18-19(12-15)16-7-3-4-8-17(16)21(18)22/h3-11H,1-2H3. The zero-order chi connectivity index (χ0) is 16.0. The summed E-state index contributed by atoms with van der Waals surface area (Å²) in [5.41, 5.74) is 5.48. The van der Waals surface area contributed by atoms with Crippen LogP contribution in [-0.2, 0) is 0 Å². The summed E-state index contributed by atoms with van der Waals surface area (Å²) in [4.78, 5) is 12.4. The van der Waals surface area contributed by atoms with Crippen molar-refractivity contribution in [2.45, 2.75) is 13.8 Å². The van der Waals surface area contributed by atoms with Gasteiger partial charge in [0.15, 0.2) is 5.78 Å². The molecule has 0 N–H and O–H groups in total. The lowest BCUT2D eigenvalue weighted by atomic mass is 10.1. The first-order chi connectivity index (χ1) is 11.1. The summed E-state index contributed by atoms with van der Waals surface area (Å²) in [7, 11) is 0. The van der Waals surface area contributed by atoms with E-state index >= 15 is 0 Å². The summed E-state index contributed by atoms with van der Waals surface area (Å²) in [5, 5.41) is 0. The Morgan fingerprint density at radius 1 is 0.826 bits per heavy atom. The summed E-state index contributed by atoms with van der Waals surface area (Å²) in [6, 6.07) is 20.5. The molecule has 0 amide bonds. The average Bonchev–Trinajstić information content (AvgIpc) is 2.85. The van der Waals surface area contributed by atoms with Crippen molar-refractivity contribution in [3.63, 3.8) is 0 Å². The Bertz CT molecular complexity index is 938. The first kappa shape index (κ1) is 13.8. The molecule has 4 rings (SSSR count). The third-order valence-electron chi connectivity index (χ3n) is 4.38. The highest BCUT2D eigenvalue weighted by Crippen LogP contribution is 2.39. The quantitative estimate of drug-likeness (QED) is 0.514. The molecule has 0 saturated heterocycles. The Labute approximate surface area is 135 Å². The molecule has 2 nitrogen and oxygen atoms in total. The molecule has 0 aromatic heterocycles. The molecule has 0 fully saturated rings. The third-order valence-corrected chi connectivity index (χ3v) is 4.38. The minimum atomic E-state index is 0.0603. The van der Waals surface area contributed by atoms with Gasteiger partial charge in [0.25, 0.3) is 0 Å². The van der Waals surface area contributed by atoms with E-state index in [1.165, 1.54) is 5.56 Å². The topological polar surface area (TPSA) is 26.3 Å². The van der Waals surface area contributed by atoms with Crippen LogP contribution in [0.5, 0.6) is 11.5 Å². The summed E-state index contributed by atoms with van der Waals surface area (Å²) >= 11 is 0. The highest BCUT2D eigenvalue weighted by atomic mass is 16.5. The fraction of sp³-hybridized carbons (Fsp3) is 0.0952. The summed E-state index contributed by atoms with van der Waals surface area (Å²) in [6.45, 7) is 4.10. The number of carbonyl (C=O) groups is 1. The molecular formula is C21H15O2. The third kappa shape index (κ3) is 2.15. The van der Waals surface area contributed by atoms with Crippen LogP contribution >= 0.6 is 0 Å². The Morgan fingerprint density at radius 3 is 2.43 bits per heavy atom. The van der Waals surface area contributed by atoms with Crippen molar-refractivity contribution in [2.75, 3.05) is 0 Å². The van der Waals surface area contributed by atoms with Crippen LogP contribution in [0.2, 0.25) is 0 Å². The molecule has 0 aliphatic heterocycles. The lowest BCUT2D eigenvalue weighted by Gasteiger charge is -2.11. The second-order valence-corrected chi connectivity index (χ2v) is 5.79. The molecule has 0 unspecified atom stereocenters. The number of hydrogen-bond donors (Lipinski definition) is 0. The maximum absolute atomic E-state index is 12.4. The van der Waals surface area contributed by atoms with E-state index < -0.39 is 0 Å². The number of rotatable bonds is 2. The van der Waals surface area contributed by atoms with Crippen LogP contribution in [0.15, 0.2) is 54.6 Å². The summed E-state index contributed by atoms with van der Waals surface area (Å²) < 4.78 is 6.00. The Morgan fingerprint density at radius 2 is 1.61 bits per heavy atom. The number of benzene rings is 3. The highest BCUT2D eigenvalue weighted by Gasteiger charge is 2.26. The molecule has 111 valence electrons. The smallest absolute Gasteiger partial charge is 0.194 e. The maximum Gasteiger partial charge on any atom is 0.194 e. The fourth-order valence-electron chi connectivity index (χ4n) is 2.93. The van der Waals surface area contributed by atoms with Crippen LogP contribution < -0.4 is 4.74 Å². The number of hydrogen-bond acceptors (Lipinski definition) is 2. The van der Waals surface area contributed by atoms with Gasteiger partial charge >= 0.3 is 0 Å². The van der Waals surface area contributed by atoms with Crippen LogP contribution in [0.1, 0.15) is 27.0 Å². The van der Waals surface area contributed by atoms with Crippen molar-refractivity contribution < 1.29 is 9.53 Å². The molecule has 0 saturated carbocycles. The zero-order valence-electron chi connectivity index (χ0n) is 13.0. The normalized spacial score (nSPS) is 12.0. The first-order valence-electron chi connectivity index (χ1n) is 7.59. The molecule has 0 heterocycles. The number of aryl methyl sites for hydroxylation is 1. The summed E-state index contributed by atoms with van der Waals surface area (Å²) in [5.74, 6) is 1.51. The molecule has 0 bridgehead atoms. The molecule has 3 aromatic rings. The van der Waals surface area contributed by atoms with Crippen LogP contribution in [0, 0.1) is 19.9 Å². The van der Waals surface area contributed by atoms with Gasteiger partial charge in [-0.3, -0.25) is 4.79 Å². The van der Waals surface area contributed by atoms with E-state index in [-0.39, 0.29) is 5.78 Å². The van der Waals surface area contributed by atoms with Crippen molar-refractivity contribution in [3.8, 4) is 22.6 Å². The molecule has 1 aliphatic carbocycles. The molecule has 0 atom stereocenters. The van der Waals surface area contributed by atoms with Gasteiger partial charge in [-0.15, -0.1) is 0 Å². The predicted molar refractivity (Wildman–Crippen MR) is 90.1 cm³/mol. The number of ketones is 1. The molecule has 2 heteroatoms. The molecular weight excluding hydrogens is 284 g/mol. The van der Waals surface area contributed by atoms with E-state index in [4.69, 9.17) is 4.74 Å². The minimum absolute atomic E-state index is 0.0603. The lowest BCUT2D eigenvalue weighted by molar-refractivity contribution is 0.104. The van der Waals surface area contributed by atoms with Crippen molar-refractivity contribution in [3.05, 3.63) is 82.9 Å². The average molecular weight is 299 g/mol. The van der Waals surface area contributed by atoms with Crippen LogP contribution in [0.25, 0.3) is 11.1 Å². The van der Waals surface area contributed by atoms with Gasteiger partial charge in [0.2, 0.25) is 0 Å². The molecule has 3 aromatic carbocycles. The fourth-order valence-corrected chi connectivity index (χ4v) is 2.93. The zero-order valence-corrected chi connectivity index (χ0v) is 13.0. The van der Waals surface area contributed by atoms with Gasteiger partial charge in [0.05, 0.1) is 0 Å². The Balaban J connectivity index is 1.77. The van der Waals surface area contributed by atoms with E-state index in [1.54, 1.807) is 0 Å². The van der Waals surface area contributed by atoms with Gasteiger partial charge in [-0.25, -0.2) is 0 Å². The number of ether oxygens (including phenoxy) is 1. The van der Waals surface area contributed by atoms with Crippen LogP contribution in [0.3, 0.4) is 0 Å². The van der Waals surface area contributed by atoms with Crippen molar-refractivity contribution >= 4 is 5.78 Å². The van der Waals surface area contributed by atoms with Gasteiger partial charge in [-0.05, 0) is 48.7 Å². The lowest BCUT2D eigenvalue weighted by Crippen LogP contribution is -1.95. The highest BCUT2D eigenvalue weighted by molar-refractivity contribution is 6.21. The number of fused-ring (bicyclic) bond motifs is 3. The van der Waals surface area contributed by atoms with Gasteiger partial charge < -0.3 is 4.74 Å². The van der Waals surface area contributed by atoms with Gasteiger partial charge in [-0.2, -0.15) is 0 Å². The second-order valence-electron chi connectivity index (χ2n) is 5.79. The molecule has 1 radical (unpaired) electrons. The largest absolute Gasteiger partial charge is 0.456 e. The second kappa shape index (κ2) is 5.10. The van der Waals surface area contributed by atoms with Crippen molar-refractivity contribution in [1.29, 1.82) is 0 Å². The first-order valence-corrected chi connectivity index (χ1v) is 7.59. The van der Waals surface area contributed by atoms with E-state index in [2.05, 4.69) is 19.1 Å². The van der Waals surface area contributed by atoms with E-state index in [1.807, 2.05) is 55.5 Å². The van der Waals surface area contributed by atoms with E-state index in [9.17, 15) is 4.79 Å².